The first-order valence-corrected chi connectivity index (χ1v) is 11.9. The van der Waals surface area contributed by atoms with E-state index in [4.69, 9.17) is 14.1 Å². The van der Waals surface area contributed by atoms with Gasteiger partial charge >= 0.3 is 0 Å². The lowest BCUT2D eigenvalue weighted by atomic mass is 10.1. The largest absolute Gasteiger partial charge is 0.469 e. The number of guanidine groups is 1. The van der Waals surface area contributed by atoms with Crippen molar-refractivity contribution in [2.75, 3.05) is 32.8 Å². The Bertz CT molecular complexity index is 840. The Morgan fingerprint density at radius 1 is 1.09 bits per heavy atom. The van der Waals surface area contributed by atoms with E-state index in [0.29, 0.717) is 6.54 Å². The third-order valence-corrected chi connectivity index (χ3v) is 6.18. The number of nitrogens with zero attached hydrogens (tertiary/aromatic N) is 2. The lowest BCUT2D eigenvalue weighted by Crippen LogP contribution is -2.43. The Labute approximate surface area is 214 Å². The van der Waals surface area contributed by atoms with Gasteiger partial charge in [0, 0.05) is 45.8 Å². The Morgan fingerprint density at radius 2 is 1.97 bits per heavy atom. The van der Waals surface area contributed by atoms with E-state index in [1.807, 2.05) is 12.1 Å². The van der Waals surface area contributed by atoms with Gasteiger partial charge in [-0.05, 0) is 48.9 Å². The number of ether oxygens (including phenoxy) is 1. The van der Waals surface area contributed by atoms with Crippen molar-refractivity contribution in [1.82, 2.24) is 15.5 Å². The van der Waals surface area contributed by atoms with Crippen LogP contribution in [0.25, 0.3) is 0 Å². The van der Waals surface area contributed by atoms with E-state index in [-0.39, 0.29) is 36.2 Å². The van der Waals surface area contributed by atoms with Crippen molar-refractivity contribution in [1.29, 1.82) is 0 Å². The summed E-state index contributed by atoms with van der Waals surface area (Å²) in [5.41, 5.74) is 2.49. The number of aliphatic hydroxyl groups excluding tert-OH is 1. The SMILES string of the molecule is I.OC1CCN(Cc2ccccc2CN=C(NCCc2ccco2)NCC2CCCCO2)C1. The average Bonchev–Trinajstić information content (AvgIpc) is 3.48. The van der Waals surface area contributed by atoms with Gasteiger partial charge in [0.1, 0.15) is 5.76 Å². The molecule has 2 saturated heterocycles. The van der Waals surface area contributed by atoms with Crippen molar-refractivity contribution in [3.05, 3.63) is 59.5 Å². The molecule has 2 unspecified atom stereocenters. The van der Waals surface area contributed by atoms with E-state index >= 15 is 0 Å². The van der Waals surface area contributed by atoms with Crippen molar-refractivity contribution in [3.63, 3.8) is 0 Å². The number of rotatable bonds is 9. The standard InChI is InChI=1S/C25H36N4O3.HI/c30-22-11-13-29(19-22)18-21-7-2-1-6-20(21)16-27-25(26-12-10-23-9-5-15-31-23)28-17-24-8-3-4-14-32-24;/h1-2,5-7,9,15,22,24,30H,3-4,8,10-14,16-19H2,(H2,26,27,28);1H. The number of likely N-dealkylation sites (tertiary alicyclic amines) is 1. The fraction of sp³-hybridized carbons (Fsp3) is 0.560. The second-order valence-electron chi connectivity index (χ2n) is 8.74. The van der Waals surface area contributed by atoms with Crippen LogP contribution < -0.4 is 10.6 Å². The van der Waals surface area contributed by atoms with Crippen molar-refractivity contribution in [3.8, 4) is 0 Å². The third-order valence-electron chi connectivity index (χ3n) is 6.18. The van der Waals surface area contributed by atoms with Crippen LogP contribution in [0.3, 0.4) is 0 Å². The van der Waals surface area contributed by atoms with Crippen LogP contribution in [0, 0.1) is 0 Å². The highest BCUT2D eigenvalue weighted by atomic mass is 127. The molecule has 1 aromatic heterocycles. The molecule has 1 aromatic carbocycles. The van der Waals surface area contributed by atoms with Gasteiger partial charge in [-0.2, -0.15) is 0 Å². The van der Waals surface area contributed by atoms with Gasteiger partial charge in [0.15, 0.2) is 5.96 Å². The number of hydrogen-bond donors (Lipinski definition) is 3. The van der Waals surface area contributed by atoms with Gasteiger partial charge in [-0.25, -0.2) is 4.99 Å². The second kappa shape index (κ2) is 13.9. The van der Waals surface area contributed by atoms with Gasteiger partial charge < -0.3 is 24.9 Å². The van der Waals surface area contributed by atoms with Crippen LogP contribution in [0.1, 0.15) is 42.6 Å². The first kappa shape index (κ1) is 26.0. The molecule has 0 bridgehead atoms. The van der Waals surface area contributed by atoms with Crippen LogP contribution in [-0.2, 0) is 24.2 Å². The van der Waals surface area contributed by atoms with Gasteiger partial charge in [-0.1, -0.05) is 24.3 Å². The molecule has 0 aliphatic carbocycles. The van der Waals surface area contributed by atoms with Gasteiger partial charge in [-0.15, -0.1) is 24.0 Å². The number of nitrogens with one attached hydrogen (secondary N) is 2. The number of hydrogen-bond acceptors (Lipinski definition) is 5. The Balaban J connectivity index is 0.00000306. The molecule has 2 aromatic rings. The Hall–Kier alpha value is -1.62. The van der Waals surface area contributed by atoms with E-state index in [2.05, 4.69) is 39.8 Å². The molecule has 33 heavy (non-hydrogen) atoms. The van der Waals surface area contributed by atoms with E-state index in [1.165, 1.54) is 17.5 Å². The van der Waals surface area contributed by atoms with Crippen LogP contribution in [0.2, 0.25) is 0 Å². The molecule has 8 heteroatoms. The number of benzene rings is 1. The van der Waals surface area contributed by atoms with Crippen LogP contribution in [0.4, 0.5) is 0 Å². The summed E-state index contributed by atoms with van der Waals surface area (Å²) in [5.74, 6) is 1.77. The lowest BCUT2D eigenvalue weighted by molar-refractivity contribution is 0.0194. The molecule has 2 atom stereocenters. The van der Waals surface area contributed by atoms with Gasteiger partial charge in [0.05, 0.1) is 25.0 Å². The second-order valence-corrected chi connectivity index (χ2v) is 8.74. The number of halogens is 1. The summed E-state index contributed by atoms with van der Waals surface area (Å²) in [6.45, 7) is 5.52. The van der Waals surface area contributed by atoms with E-state index in [1.54, 1.807) is 6.26 Å². The summed E-state index contributed by atoms with van der Waals surface area (Å²) >= 11 is 0. The first-order chi connectivity index (χ1) is 15.8. The molecule has 7 nitrogen and oxygen atoms in total. The Morgan fingerprint density at radius 3 is 2.70 bits per heavy atom. The lowest BCUT2D eigenvalue weighted by Gasteiger charge is -2.24. The third kappa shape index (κ3) is 8.59. The molecule has 4 rings (SSSR count). The van der Waals surface area contributed by atoms with E-state index < -0.39 is 0 Å². The molecule has 0 spiro atoms. The van der Waals surface area contributed by atoms with Crippen LogP contribution >= 0.6 is 24.0 Å². The quantitative estimate of drug-likeness (QED) is 0.245. The van der Waals surface area contributed by atoms with Crippen LogP contribution in [0.5, 0.6) is 0 Å². The smallest absolute Gasteiger partial charge is 0.191 e. The number of β-amino-alcohol motifs (C(OH)–C–C–N with tert-alkyl or cyclic N) is 1. The highest BCUT2D eigenvalue weighted by Gasteiger charge is 2.20. The van der Waals surface area contributed by atoms with E-state index in [9.17, 15) is 5.11 Å². The van der Waals surface area contributed by atoms with Gasteiger partial charge in [-0.3, -0.25) is 4.90 Å². The summed E-state index contributed by atoms with van der Waals surface area (Å²) in [6.07, 6.45) is 6.90. The molecule has 0 amide bonds. The highest BCUT2D eigenvalue weighted by molar-refractivity contribution is 14.0. The van der Waals surface area contributed by atoms with Crippen molar-refractivity contribution < 1.29 is 14.3 Å². The minimum absolute atomic E-state index is 0. The number of aliphatic hydroxyl groups is 1. The molecular weight excluding hydrogens is 531 g/mol. The molecule has 0 saturated carbocycles. The normalized spacial score (nSPS) is 21.5. The summed E-state index contributed by atoms with van der Waals surface area (Å²) in [5, 5.41) is 16.8. The first-order valence-electron chi connectivity index (χ1n) is 11.9. The minimum Gasteiger partial charge on any atom is -0.469 e. The molecule has 182 valence electrons. The fourth-order valence-corrected chi connectivity index (χ4v) is 4.34. The maximum atomic E-state index is 9.84. The molecule has 2 fully saturated rings. The summed E-state index contributed by atoms with van der Waals surface area (Å²) in [7, 11) is 0. The topological polar surface area (TPSA) is 82.3 Å². The Kier molecular flexibility index (Phi) is 11.0. The zero-order chi connectivity index (χ0) is 22.0. The molecule has 3 N–H and O–H groups in total. The van der Waals surface area contributed by atoms with Gasteiger partial charge in [0.2, 0.25) is 0 Å². The minimum atomic E-state index is -0.198. The predicted molar refractivity (Wildman–Crippen MR) is 141 cm³/mol. The monoisotopic (exact) mass is 568 g/mol. The molecule has 2 aliphatic heterocycles. The zero-order valence-corrected chi connectivity index (χ0v) is 21.6. The summed E-state index contributed by atoms with van der Waals surface area (Å²) < 4.78 is 11.3. The molecule has 3 heterocycles. The molecular formula is C25H37IN4O3. The number of furan rings is 1. The molecule has 0 radical (unpaired) electrons. The number of aliphatic imine (C=N–C) groups is 1. The van der Waals surface area contributed by atoms with Crippen molar-refractivity contribution in [2.45, 2.75) is 57.4 Å². The summed E-state index contributed by atoms with van der Waals surface area (Å²) in [4.78, 5) is 7.20. The maximum Gasteiger partial charge on any atom is 0.191 e. The van der Waals surface area contributed by atoms with Gasteiger partial charge in [0.25, 0.3) is 0 Å². The van der Waals surface area contributed by atoms with Crippen molar-refractivity contribution >= 4 is 29.9 Å². The zero-order valence-electron chi connectivity index (χ0n) is 19.2. The van der Waals surface area contributed by atoms with Crippen molar-refractivity contribution in [2.24, 2.45) is 4.99 Å². The fourth-order valence-electron chi connectivity index (χ4n) is 4.34. The molecule has 2 aliphatic rings. The van der Waals surface area contributed by atoms with E-state index in [0.717, 1.165) is 76.7 Å². The average molecular weight is 569 g/mol. The van der Waals surface area contributed by atoms with Crippen LogP contribution in [-0.4, -0.2) is 61.0 Å². The van der Waals surface area contributed by atoms with Crippen LogP contribution in [0.15, 0.2) is 52.1 Å². The summed E-state index contributed by atoms with van der Waals surface area (Å²) in [6, 6.07) is 12.4. The predicted octanol–water partition coefficient (Wildman–Crippen LogP) is 3.31. The maximum absolute atomic E-state index is 9.84. The highest BCUT2D eigenvalue weighted by Crippen LogP contribution is 2.17.